The lowest BCUT2D eigenvalue weighted by Crippen LogP contribution is -2.23. The van der Waals surface area contributed by atoms with Crippen molar-refractivity contribution in [1.29, 1.82) is 0 Å². The van der Waals surface area contributed by atoms with E-state index < -0.39 is 23.1 Å². The van der Waals surface area contributed by atoms with Gasteiger partial charge < -0.3 is 9.12 Å². The number of nitrogens with zero attached hydrogens (tertiary/aromatic N) is 3. The zero-order valence-electron chi connectivity index (χ0n) is 13.1. The number of halogens is 3. The molecule has 1 aromatic heterocycles. The molecule has 1 unspecified atom stereocenters. The van der Waals surface area contributed by atoms with Crippen molar-refractivity contribution < 1.29 is 17.7 Å². The van der Waals surface area contributed by atoms with Crippen molar-refractivity contribution in [3.8, 4) is 0 Å². The van der Waals surface area contributed by atoms with Crippen LogP contribution in [0.3, 0.4) is 0 Å². The van der Waals surface area contributed by atoms with Crippen LogP contribution in [0.25, 0.3) is 0 Å². The molecule has 0 radical (unpaired) electrons. The van der Waals surface area contributed by atoms with Crippen molar-refractivity contribution >= 4 is 28.4 Å². The van der Waals surface area contributed by atoms with E-state index in [2.05, 4.69) is 9.37 Å². The molecule has 1 heterocycles. The highest BCUT2D eigenvalue weighted by Crippen LogP contribution is 2.29. The SMILES string of the molecule is Cc1cc(C)c([S+]([O-])CC(F)(F)F)cc1/N=c1\snc(C)n1C. The third-order valence-electron chi connectivity index (χ3n) is 3.28. The Labute approximate surface area is 139 Å². The summed E-state index contributed by atoms with van der Waals surface area (Å²) in [6.07, 6.45) is -4.47. The normalized spacial score (nSPS) is 14.3. The Morgan fingerprint density at radius 3 is 2.43 bits per heavy atom. The molecule has 23 heavy (non-hydrogen) atoms. The molecule has 0 saturated carbocycles. The van der Waals surface area contributed by atoms with Gasteiger partial charge in [-0.1, -0.05) is 0 Å². The molecule has 2 rings (SSSR count). The predicted molar refractivity (Wildman–Crippen MR) is 84.3 cm³/mol. The van der Waals surface area contributed by atoms with Crippen molar-refractivity contribution in [3.63, 3.8) is 0 Å². The van der Waals surface area contributed by atoms with Crippen LogP contribution in [0.15, 0.2) is 22.0 Å². The van der Waals surface area contributed by atoms with E-state index in [0.717, 1.165) is 11.4 Å². The monoisotopic (exact) mass is 363 g/mol. The number of rotatable bonds is 3. The Morgan fingerprint density at radius 2 is 1.91 bits per heavy atom. The van der Waals surface area contributed by atoms with Gasteiger partial charge in [-0.2, -0.15) is 17.5 Å². The summed E-state index contributed by atoms with van der Waals surface area (Å²) < 4.78 is 55.4. The lowest BCUT2D eigenvalue weighted by Gasteiger charge is -2.15. The third-order valence-corrected chi connectivity index (χ3v) is 5.69. The van der Waals surface area contributed by atoms with Gasteiger partial charge in [0.15, 0.2) is 4.90 Å². The van der Waals surface area contributed by atoms with Crippen LogP contribution >= 0.6 is 11.5 Å². The van der Waals surface area contributed by atoms with Gasteiger partial charge in [-0.3, -0.25) is 0 Å². The second-order valence-electron chi connectivity index (χ2n) is 5.19. The molecule has 4 nitrogen and oxygen atoms in total. The minimum absolute atomic E-state index is 0.163. The standard InChI is InChI=1S/C14H16F3N3OS2/c1-8-5-9(2)12(23(21)7-14(15,16)17)6-11(8)18-13-20(4)10(3)19-22-13/h5-6H,7H2,1-4H3/b18-13-. The first-order valence-corrected chi connectivity index (χ1v) is 8.78. The van der Waals surface area contributed by atoms with Crippen molar-refractivity contribution in [2.45, 2.75) is 31.8 Å². The molecule has 0 N–H and O–H groups in total. The molecule has 0 saturated heterocycles. The minimum Gasteiger partial charge on any atom is -0.611 e. The summed E-state index contributed by atoms with van der Waals surface area (Å²) in [6.45, 7) is 5.30. The molecule has 2 aromatic rings. The largest absolute Gasteiger partial charge is 0.611 e. The Hall–Kier alpha value is -1.32. The average molecular weight is 363 g/mol. The maximum Gasteiger partial charge on any atom is 0.433 e. The summed E-state index contributed by atoms with van der Waals surface area (Å²) in [5.74, 6) is -0.566. The highest BCUT2D eigenvalue weighted by atomic mass is 32.2. The summed E-state index contributed by atoms with van der Waals surface area (Å²) in [5.41, 5.74) is 1.87. The van der Waals surface area contributed by atoms with Gasteiger partial charge in [-0.25, -0.2) is 4.99 Å². The quantitative estimate of drug-likeness (QED) is 0.786. The molecule has 9 heteroatoms. The Bertz CT molecular complexity index is 781. The fourth-order valence-electron chi connectivity index (χ4n) is 1.98. The van der Waals surface area contributed by atoms with Crippen LogP contribution in [-0.4, -0.2) is 25.4 Å². The number of aromatic nitrogens is 2. The minimum atomic E-state index is -4.47. The van der Waals surface area contributed by atoms with E-state index >= 15 is 0 Å². The first-order chi connectivity index (χ1) is 10.6. The lowest BCUT2D eigenvalue weighted by molar-refractivity contribution is -0.106. The number of aryl methyl sites for hydroxylation is 3. The van der Waals surface area contributed by atoms with Crippen molar-refractivity contribution in [2.75, 3.05) is 5.75 Å². The van der Waals surface area contributed by atoms with Crippen LogP contribution in [0.2, 0.25) is 0 Å². The van der Waals surface area contributed by atoms with Gasteiger partial charge in [0.05, 0.1) is 5.69 Å². The van der Waals surface area contributed by atoms with Crippen LogP contribution in [0.4, 0.5) is 18.9 Å². The molecule has 0 aliphatic heterocycles. The molecule has 1 atom stereocenters. The molecule has 0 spiro atoms. The second kappa shape index (κ2) is 6.66. The highest BCUT2D eigenvalue weighted by molar-refractivity contribution is 7.91. The third kappa shape index (κ3) is 4.36. The van der Waals surface area contributed by atoms with E-state index in [4.69, 9.17) is 0 Å². The van der Waals surface area contributed by atoms with Crippen LogP contribution in [0.1, 0.15) is 17.0 Å². The molecule has 0 aliphatic rings. The number of benzene rings is 1. The van der Waals surface area contributed by atoms with Gasteiger partial charge in [0, 0.05) is 30.2 Å². The molecule has 0 aliphatic carbocycles. The van der Waals surface area contributed by atoms with E-state index in [9.17, 15) is 17.7 Å². The van der Waals surface area contributed by atoms with E-state index in [-0.39, 0.29) is 4.90 Å². The average Bonchev–Trinajstić information content (AvgIpc) is 2.71. The van der Waals surface area contributed by atoms with Crippen LogP contribution in [-0.2, 0) is 18.2 Å². The fraction of sp³-hybridized carbons (Fsp3) is 0.429. The van der Waals surface area contributed by atoms with Crippen molar-refractivity contribution in [3.05, 3.63) is 33.9 Å². The van der Waals surface area contributed by atoms with Crippen LogP contribution < -0.4 is 4.80 Å². The van der Waals surface area contributed by atoms with Crippen LogP contribution in [0.5, 0.6) is 0 Å². The summed E-state index contributed by atoms with van der Waals surface area (Å²) in [5, 5.41) is 0. The van der Waals surface area contributed by atoms with Gasteiger partial charge in [-0.15, -0.1) is 0 Å². The number of alkyl halides is 3. The fourth-order valence-corrected chi connectivity index (χ4v) is 3.82. The molecular formula is C14H16F3N3OS2. The molecule has 0 bridgehead atoms. The Kier molecular flexibility index (Phi) is 5.22. The first-order valence-electron chi connectivity index (χ1n) is 6.69. The maximum absolute atomic E-state index is 12.5. The molecule has 0 fully saturated rings. The second-order valence-corrected chi connectivity index (χ2v) is 7.34. The summed E-state index contributed by atoms with van der Waals surface area (Å²) >= 11 is -0.947. The zero-order chi connectivity index (χ0) is 17.4. The predicted octanol–water partition coefficient (Wildman–Crippen LogP) is 3.31. The van der Waals surface area contributed by atoms with Gasteiger partial charge in [0.2, 0.25) is 10.6 Å². The molecule has 1 aromatic carbocycles. The number of hydrogen-bond acceptors (Lipinski definition) is 4. The Morgan fingerprint density at radius 1 is 1.26 bits per heavy atom. The molecule has 0 amide bonds. The first kappa shape index (κ1) is 18.0. The smallest absolute Gasteiger partial charge is 0.433 e. The maximum atomic E-state index is 12.5. The van der Waals surface area contributed by atoms with Gasteiger partial charge in [0.25, 0.3) is 0 Å². The topological polar surface area (TPSA) is 53.2 Å². The van der Waals surface area contributed by atoms with Gasteiger partial charge >= 0.3 is 6.18 Å². The molecular weight excluding hydrogens is 347 g/mol. The number of hydrogen-bond donors (Lipinski definition) is 0. The summed E-state index contributed by atoms with van der Waals surface area (Å²) in [6, 6.07) is 3.18. The highest BCUT2D eigenvalue weighted by Gasteiger charge is 2.36. The zero-order valence-corrected chi connectivity index (χ0v) is 14.7. The van der Waals surface area contributed by atoms with E-state index in [1.165, 1.54) is 17.6 Å². The van der Waals surface area contributed by atoms with Crippen molar-refractivity contribution in [2.24, 2.45) is 12.0 Å². The summed E-state index contributed by atoms with van der Waals surface area (Å²) in [4.78, 5) is 5.23. The molecule has 126 valence electrons. The van der Waals surface area contributed by atoms with Crippen molar-refractivity contribution in [1.82, 2.24) is 8.94 Å². The summed E-state index contributed by atoms with van der Waals surface area (Å²) in [7, 11) is 1.81. The van der Waals surface area contributed by atoms with E-state index in [1.54, 1.807) is 17.6 Å². The van der Waals surface area contributed by atoms with Gasteiger partial charge in [0.1, 0.15) is 5.82 Å². The lowest BCUT2D eigenvalue weighted by atomic mass is 10.1. The Balaban J connectivity index is 2.49. The van der Waals surface area contributed by atoms with Crippen LogP contribution in [0, 0.1) is 20.8 Å². The van der Waals surface area contributed by atoms with E-state index in [1.807, 2.05) is 20.9 Å². The van der Waals surface area contributed by atoms with Gasteiger partial charge in [-0.05, 0) is 43.6 Å². The van der Waals surface area contributed by atoms with E-state index in [0.29, 0.717) is 16.1 Å².